The maximum atomic E-state index is 12.5. The van der Waals surface area contributed by atoms with Gasteiger partial charge in [-0.2, -0.15) is 0 Å². The van der Waals surface area contributed by atoms with Crippen LogP contribution in [0, 0.1) is 5.41 Å². The normalized spacial score (nSPS) is 14.9. The summed E-state index contributed by atoms with van der Waals surface area (Å²) in [5.41, 5.74) is -0.257. The first kappa shape index (κ1) is 13.6. The first-order valence-corrected chi connectivity index (χ1v) is 6.57. The molecule has 0 unspecified atom stereocenters. The highest BCUT2D eigenvalue weighted by Gasteiger charge is 2.40. The molecule has 0 spiro atoms. The highest BCUT2D eigenvalue weighted by atomic mass is 16.2. The SMILES string of the molecule is CN(C(=O)C(C)(C)C(=O)NC1CC1)c1ccccc1. The standard InChI is InChI=1S/C15H20N2O2/c1-15(2,13(18)16-11-9-10-11)14(19)17(3)12-7-5-4-6-8-12/h4-8,11H,9-10H2,1-3H3,(H,16,18). The molecule has 4 heteroatoms. The summed E-state index contributed by atoms with van der Waals surface area (Å²) in [6.07, 6.45) is 2.04. The molecule has 1 aliphatic carbocycles. The third-order valence-corrected chi connectivity index (χ3v) is 3.46. The van der Waals surface area contributed by atoms with Crippen LogP contribution in [0.25, 0.3) is 0 Å². The van der Waals surface area contributed by atoms with Crippen molar-refractivity contribution in [3.05, 3.63) is 30.3 Å². The lowest BCUT2D eigenvalue weighted by atomic mass is 9.90. The van der Waals surface area contributed by atoms with Gasteiger partial charge in [-0.1, -0.05) is 18.2 Å². The Balaban J connectivity index is 2.10. The van der Waals surface area contributed by atoms with Crippen LogP contribution in [0.5, 0.6) is 0 Å². The van der Waals surface area contributed by atoms with Crippen molar-refractivity contribution in [2.45, 2.75) is 32.7 Å². The number of amides is 2. The Hall–Kier alpha value is -1.84. The summed E-state index contributed by atoms with van der Waals surface area (Å²) in [5, 5.41) is 2.89. The van der Waals surface area contributed by atoms with E-state index in [-0.39, 0.29) is 17.9 Å². The zero-order chi connectivity index (χ0) is 14.0. The molecule has 4 nitrogen and oxygen atoms in total. The van der Waals surface area contributed by atoms with Gasteiger partial charge in [0.2, 0.25) is 11.8 Å². The maximum Gasteiger partial charge on any atom is 0.241 e. The molecule has 0 bridgehead atoms. The van der Waals surface area contributed by atoms with E-state index in [1.807, 2.05) is 30.3 Å². The van der Waals surface area contributed by atoms with Crippen molar-refractivity contribution in [2.24, 2.45) is 5.41 Å². The summed E-state index contributed by atoms with van der Waals surface area (Å²) in [6, 6.07) is 9.61. The van der Waals surface area contributed by atoms with Gasteiger partial charge < -0.3 is 10.2 Å². The molecule has 0 aromatic heterocycles. The Kier molecular flexibility index (Phi) is 3.60. The Morgan fingerprint density at radius 3 is 2.32 bits per heavy atom. The van der Waals surface area contributed by atoms with Gasteiger partial charge in [-0.05, 0) is 38.8 Å². The molecule has 0 heterocycles. The summed E-state index contributed by atoms with van der Waals surface area (Å²) in [7, 11) is 1.70. The number of hydrogen-bond donors (Lipinski definition) is 1. The van der Waals surface area contributed by atoms with Crippen LogP contribution in [0.2, 0.25) is 0 Å². The van der Waals surface area contributed by atoms with Crippen molar-refractivity contribution in [2.75, 3.05) is 11.9 Å². The number of carbonyl (C=O) groups is 2. The van der Waals surface area contributed by atoms with E-state index in [1.54, 1.807) is 20.9 Å². The second-order valence-electron chi connectivity index (χ2n) is 5.57. The van der Waals surface area contributed by atoms with E-state index >= 15 is 0 Å². The second-order valence-corrected chi connectivity index (χ2v) is 5.57. The van der Waals surface area contributed by atoms with Crippen LogP contribution in [0.4, 0.5) is 5.69 Å². The Bertz CT molecular complexity index is 478. The predicted octanol–water partition coefficient (Wildman–Crippen LogP) is 1.95. The number of para-hydroxylation sites is 1. The summed E-state index contributed by atoms with van der Waals surface area (Å²) < 4.78 is 0. The summed E-state index contributed by atoms with van der Waals surface area (Å²) in [6.45, 7) is 3.35. The second kappa shape index (κ2) is 5.03. The molecule has 1 N–H and O–H groups in total. The minimum Gasteiger partial charge on any atom is -0.352 e. The van der Waals surface area contributed by atoms with E-state index in [0.717, 1.165) is 18.5 Å². The van der Waals surface area contributed by atoms with Crippen LogP contribution >= 0.6 is 0 Å². The topological polar surface area (TPSA) is 49.4 Å². The molecule has 19 heavy (non-hydrogen) atoms. The van der Waals surface area contributed by atoms with Gasteiger partial charge in [0.05, 0.1) is 0 Å². The average molecular weight is 260 g/mol. The van der Waals surface area contributed by atoms with Gasteiger partial charge in [-0.25, -0.2) is 0 Å². The van der Waals surface area contributed by atoms with Crippen molar-refractivity contribution >= 4 is 17.5 Å². The van der Waals surface area contributed by atoms with E-state index in [4.69, 9.17) is 0 Å². The molecule has 0 aliphatic heterocycles. The third-order valence-electron chi connectivity index (χ3n) is 3.46. The van der Waals surface area contributed by atoms with E-state index in [1.165, 1.54) is 4.90 Å². The number of hydrogen-bond acceptors (Lipinski definition) is 2. The highest BCUT2D eigenvalue weighted by Crippen LogP contribution is 2.26. The van der Waals surface area contributed by atoms with Gasteiger partial charge in [0.1, 0.15) is 5.41 Å². The van der Waals surface area contributed by atoms with Crippen LogP contribution in [-0.4, -0.2) is 24.9 Å². The van der Waals surface area contributed by atoms with Crippen LogP contribution < -0.4 is 10.2 Å². The highest BCUT2D eigenvalue weighted by molar-refractivity contribution is 6.10. The molecule has 102 valence electrons. The largest absolute Gasteiger partial charge is 0.352 e. The van der Waals surface area contributed by atoms with Gasteiger partial charge in [0.15, 0.2) is 0 Å². The molecule has 0 saturated heterocycles. The number of nitrogens with one attached hydrogen (secondary N) is 1. The number of rotatable bonds is 4. The van der Waals surface area contributed by atoms with Gasteiger partial charge in [0, 0.05) is 18.8 Å². The van der Waals surface area contributed by atoms with E-state index in [2.05, 4.69) is 5.32 Å². The molecule has 0 radical (unpaired) electrons. The summed E-state index contributed by atoms with van der Waals surface area (Å²) in [5.74, 6) is -0.389. The minimum absolute atomic E-state index is 0.192. The molecular formula is C15H20N2O2. The number of anilines is 1. The van der Waals surface area contributed by atoms with Crippen molar-refractivity contribution in [3.63, 3.8) is 0 Å². The summed E-state index contributed by atoms with van der Waals surface area (Å²) in [4.78, 5) is 26.1. The molecule has 1 fully saturated rings. The van der Waals surface area contributed by atoms with E-state index < -0.39 is 5.41 Å². The summed E-state index contributed by atoms with van der Waals surface area (Å²) >= 11 is 0. The van der Waals surface area contributed by atoms with Gasteiger partial charge in [-0.15, -0.1) is 0 Å². The maximum absolute atomic E-state index is 12.5. The monoisotopic (exact) mass is 260 g/mol. The molecule has 2 rings (SSSR count). The van der Waals surface area contributed by atoms with Gasteiger partial charge in [-0.3, -0.25) is 9.59 Å². The van der Waals surface area contributed by atoms with Crippen LogP contribution in [-0.2, 0) is 9.59 Å². The predicted molar refractivity (Wildman–Crippen MR) is 74.8 cm³/mol. The molecule has 2 amide bonds. The minimum atomic E-state index is -1.05. The lowest BCUT2D eigenvalue weighted by Gasteiger charge is -2.28. The lowest BCUT2D eigenvalue weighted by molar-refractivity contribution is -0.139. The van der Waals surface area contributed by atoms with Crippen LogP contribution in [0.15, 0.2) is 30.3 Å². The molecule has 1 aromatic carbocycles. The van der Waals surface area contributed by atoms with Gasteiger partial charge >= 0.3 is 0 Å². The molecule has 1 aliphatic rings. The van der Waals surface area contributed by atoms with E-state index in [0.29, 0.717) is 0 Å². The van der Waals surface area contributed by atoms with Gasteiger partial charge in [0.25, 0.3) is 0 Å². The lowest BCUT2D eigenvalue weighted by Crippen LogP contribution is -2.49. The number of carbonyl (C=O) groups excluding carboxylic acids is 2. The van der Waals surface area contributed by atoms with Crippen LogP contribution in [0.1, 0.15) is 26.7 Å². The molecular weight excluding hydrogens is 240 g/mol. The Morgan fingerprint density at radius 1 is 1.21 bits per heavy atom. The fourth-order valence-corrected chi connectivity index (χ4v) is 1.88. The average Bonchev–Trinajstić information content (AvgIpc) is 3.21. The van der Waals surface area contributed by atoms with Crippen LogP contribution in [0.3, 0.4) is 0 Å². The van der Waals surface area contributed by atoms with Crippen molar-refractivity contribution in [1.82, 2.24) is 5.32 Å². The molecule has 1 aromatic rings. The number of benzene rings is 1. The zero-order valence-corrected chi connectivity index (χ0v) is 11.6. The quantitative estimate of drug-likeness (QED) is 0.841. The Labute approximate surface area is 113 Å². The van der Waals surface area contributed by atoms with Crippen molar-refractivity contribution in [3.8, 4) is 0 Å². The number of nitrogens with zero attached hydrogens (tertiary/aromatic N) is 1. The third kappa shape index (κ3) is 2.95. The first-order chi connectivity index (χ1) is 8.93. The fraction of sp³-hybridized carbons (Fsp3) is 0.467. The molecule has 1 saturated carbocycles. The molecule has 0 atom stereocenters. The first-order valence-electron chi connectivity index (χ1n) is 6.57. The smallest absolute Gasteiger partial charge is 0.241 e. The fourth-order valence-electron chi connectivity index (χ4n) is 1.88. The van der Waals surface area contributed by atoms with Crippen molar-refractivity contribution < 1.29 is 9.59 Å². The zero-order valence-electron chi connectivity index (χ0n) is 11.6. The Morgan fingerprint density at radius 2 is 1.79 bits per heavy atom. The van der Waals surface area contributed by atoms with Crippen molar-refractivity contribution in [1.29, 1.82) is 0 Å². The van der Waals surface area contributed by atoms with E-state index in [9.17, 15) is 9.59 Å².